The zero-order valence-electron chi connectivity index (χ0n) is 7.49. The highest BCUT2D eigenvalue weighted by Crippen LogP contribution is 2.18. The molecule has 0 bridgehead atoms. The van der Waals surface area contributed by atoms with Crippen molar-refractivity contribution in [1.29, 1.82) is 0 Å². The minimum absolute atomic E-state index is 0.484. The predicted molar refractivity (Wildman–Crippen MR) is 49.6 cm³/mol. The average Bonchev–Trinajstić information content (AvgIpc) is 2.17. The van der Waals surface area contributed by atoms with Gasteiger partial charge in [0.15, 0.2) is 0 Å². The molecule has 0 saturated carbocycles. The van der Waals surface area contributed by atoms with E-state index in [-0.39, 0.29) is 0 Å². The van der Waals surface area contributed by atoms with Gasteiger partial charge in [0.1, 0.15) is 0 Å². The van der Waals surface area contributed by atoms with Crippen molar-refractivity contribution in [3.05, 3.63) is 29.8 Å². The Labute approximate surface area is 77.1 Å². The molecule has 1 rings (SSSR count). The fourth-order valence-electron chi connectivity index (χ4n) is 1.00. The molecule has 0 aromatic heterocycles. The summed E-state index contributed by atoms with van der Waals surface area (Å²) in [5.41, 5.74) is 1.54. The smallest absolute Gasteiger partial charge is 0.240 e. The summed E-state index contributed by atoms with van der Waals surface area (Å²) in [4.78, 5) is 13.6. The van der Waals surface area contributed by atoms with E-state index < -0.39 is 0 Å². The van der Waals surface area contributed by atoms with Crippen LogP contribution in [0.5, 0.6) is 0 Å². The number of para-hydroxylation sites is 1. The lowest BCUT2D eigenvalue weighted by Crippen LogP contribution is -1.91. The molecule has 0 N–H and O–H groups in total. The van der Waals surface area contributed by atoms with E-state index in [1.807, 2.05) is 25.1 Å². The van der Waals surface area contributed by atoms with E-state index >= 15 is 0 Å². The summed E-state index contributed by atoms with van der Waals surface area (Å²) in [6.07, 6.45) is 1.52. The van der Waals surface area contributed by atoms with Crippen molar-refractivity contribution < 1.29 is 9.53 Å². The molecular formula is C10H11NO2. The number of rotatable bonds is 4. The third-order valence-corrected chi connectivity index (χ3v) is 1.62. The van der Waals surface area contributed by atoms with Gasteiger partial charge in [-0.1, -0.05) is 18.2 Å². The van der Waals surface area contributed by atoms with E-state index in [1.165, 1.54) is 6.08 Å². The third-order valence-electron chi connectivity index (χ3n) is 1.62. The highest BCUT2D eigenvalue weighted by Gasteiger charge is 1.98. The summed E-state index contributed by atoms with van der Waals surface area (Å²) >= 11 is 0. The van der Waals surface area contributed by atoms with Crippen LogP contribution in [0.3, 0.4) is 0 Å². The van der Waals surface area contributed by atoms with Crippen molar-refractivity contribution in [2.45, 2.75) is 13.5 Å². The first-order valence-corrected chi connectivity index (χ1v) is 4.12. The molecule has 0 radical (unpaired) electrons. The quantitative estimate of drug-likeness (QED) is 0.522. The molecule has 0 saturated heterocycles. The first-order valence-electron chi connectivity index (χ1n) is 4.12. The number of isocyanates is 1. The molecule has 13 heavy (non-hydrogen) atoms. The van der Waals surface area contributed by atoms with Crippen LogP contribution in [0.15, 0.2) is 29.3 Å². The number of benzene rings is 1. The van der Waals surface area contributed by atoms with Gasteiger partial charge in [0.25, 0.3) is 0 Å². The Morgan fingerprint density at radius 2 is 2.23 bits per heavy atom. The number of ether oxygens (including phenoxy) is 1. The van der Waals surface area contributed by atoms with Crippen LogP contribution in [0, 0.1) is 0 Å². The average molecular weight is 177 g/mol. The molecule has 0 heterocycles. The molecular weight excluding hydrogens is 166 g/mol. The van der Waals surface area contributed by atoms with Crippen LogP contribution in [0.2, 0.25) is 0 Å². The minimum atomic E-state index is 0.484. The molecule has 68 valence electrons. The first-order chi connectivity index (χ1) is 6.38. The van der Waals surface area contributed by atoms with E-state index in [1.54, 1.807) is 6.07 Å². The van der Waals surface area contributed by atoms with Crippen LogP contribution in [-0.2, 0) is 16.1 Å². The summed E-state index contributed by atoms with van der Waals surface area (Å²) in [6.45, 7) is 3.06. The largest absolute Gasteiger partial charge is 0.377 e. The highest BCUT2D eigenvalue weighted by molar-refractivity contribution is 5.53. The zero-order valence-corrected chi connectivity index (χ0v) is 7.49. The summed E-state index contributed by atoms with van der Waals surface area (Å²) in [5.74, 6) is 0. The summed E-state index contributed by atoms with van der Waals surface area (Å²) in [5, 5.41) is 0. The molecule has 0 aliphatic heterocycles. The standard InChI is InChI=1S/C10H11NO2/c1-2-13-7-9-5-3-4-6-10(9)11-8-12/h3-6H,2,7H2,1H3. The molecule has 0 atom stereocenters. The van der Waals surface area contributed by atoms with Crippen molar-refractivity contribution in [3.63, 3.8) is 0 Å². The van der Waals surface area contributed by atoms with Crippen LogP contribution < -0.4 is 0 Å². The molecule has 3 nitrogen and oxygen atoms in total. The van der Waals surface area contributed by atoms with E-state index in [9.17, 15) is 4.79 Å². The van der Waals surface area contributed by atoms with E-state index in [0.29, 0.717) is 18.9 Å². The Bertz CT molecular complexity index is 316. The summed E-state index contributed by atoms with van der Waals surface area (Å²) < 4.78 is 5.22. The Kier molecular flexibility index (Phi) is 3.89. The van der Waals surface area contributed by atoms with Gasteiger partial charge in [0.05, 0.1) is 12.3 Å². The second-order valence-electron chi connectivity index (χ2n) is 2.47. The van der Waals surface area contributed by atoms with Crippen molar-refractivity contribution in [3.8, 4) is 0 Å². The Hall–Kier alpha value is -1.44. The maximum atomic E-state index is 10.1. The number of carbonyl (C=O) groups excluding carboxylic acids is 1. The van der Waals surface area contributed by atoms with Crippen molar-refractivity contribution in [2.75, 3.05) is 6.61 Å². The molecule has 0 unspecified atom stereocenters. The topological polar surface area (TPSA) is 38.7 Å². The number of aliphatic imine (C=N–C) groups is 1. The second kappa shape index (κ2) is 5.25. The van der Waals surface area contributed by atoms with Gasteiger partial charge in [-0.2, -0.15) is 4.99 Å². The van der Waals surface area contributed by atoms with Gasteiger partial charge in [0.2, 0.25) is 6.08 Å². The van der Waals surface area contributed by atoms with Gasteiger partial charge >= 0.3 is 0 Å². The zero-order chi connectivity index (χ0) is 9.52. The lowest BCUT2D eigenvalue weighted by atomic mass is 10.2. The number of hydrogen-bond acceptors (Lipinski definition) is 3. The van der Waals surface area contributed by atoms with Gasteiger partial charge in [-0.15, -0.1) is 0 Å². The van der Waals surface area contributed by atoms with Crippen LogP contribution in [0.4, 0.5) is 5.69 Å². The summed E-state index contributed by atoms with van der Waals surface area (Å²) in [6, 6.07) is 7.36. The predicted octanol–water partition coefficient (Wildman–Crippen LogP) is 2.19. The Morgan fingerprint density at radius 3 is 2.92 bits per heavy atom. The van der Waals surface area contributed by atoms with Crippen molar-refractivity contribution >= 4 is 11.8 Å². The van der Waals surface area contributed by atoms with Gasteiger partial charge in [-0.25, -0.2) is 4.79 Å². The second-order valence-corrected chi connectivity index (χ2v) is 2.47. The van der Waals surface area contributed by atoms with E-state index in [0.717, 1.165) is 5.56 Å². The lowest BCUT2D eigenvalue weighted by molar-refractivity contribution is 0.134. The number of nitrogens with zero attached hydrogens (tertiary/aromatic N) is 1. The van der Waals surface area contributed by atoms with Crippen molar-refractivity contribution in [1.82, 2.24) is 0 Å². The van der Waals surface area contributed by atoms with E-state index in [4.69, 9.17) is 4.74 Å². The van der Waals surface area contributed by atoms with Gasteiger partial charge < -0.3 is 4.74 Å². The number of hydrogen-bond donors (Lipinski definition) is 0. The van der Waals surface area contributed by atoms with Gasteiger partial charge in [-0.3, -0.25) is 0 Å². The van der Waals surface area contributed by atoms with Gasteiger partial charge in [-0.05, 0) is 13.0 Å². The van der Waals surface area contributed by atoms with E-state index in [2.05, 4.69) is 4.99 Å². The molecule has 0 aliphatic rings. The fraction of sp³-hybridized carbons (Fsp3) is 0.300. The molecule has 1 aromatic carbocycles. The third kappa shape index (κ3) is 2.82. The molecule has 0 fully saturated rings. The summed E-state index contributed by atoms with van der Waals surface area (Å²) in [7, 11) is 0. The Morgan fingerprint density at radius 1 is 1.46 bits per heavy atom. The monoisotopic (exact) mass is 177 g/mol. The highest BCUT2D eigenvalue weighted by atomic mass is 16.5. The molecule has 0 spiro atoms. The molecule has 0 amide bonds. The van der Waals surface area contributed by atoms with Crippen LogP contribution >= 0.6 is 0 Å². The molecule has 1 aromatic rings. The first kappa shape index (κ1) is 9.65. The SMILES string of the molecule is CCOCc1ccccc1N=C=O. The molecule has 3 heteroatoms. The van der Waals surface area contributed by atoms with Crippen LogP contribution in [0.25, 0.3) is 0 Å². The maximum absolute atomic E-state index is 10.1. The maximum Gasteiger partial charge on any atom is 0.240 e. The van der Waals surface area contributed by atoms with Crippen molar-refractivity contribution in [2.24, 2.45) is 4.99 Å². The fourth-order valence-corrected chi connectivity index (χ4v) is 1.00. The van der Waals surface area contributed by atoms with Crippen LogP contribution in [0.1, 0.15) is 12.5 Å². The minimum Gasteiger partial charge on any atom is -0.377 e. The Balaban J connectivity index is 2.84. The molecule has 0 aliphatic carbocycles. The lowest BCUT2D eigenvalue weighted by Gasteiger charge is -2.03. The van der Waals surface area contributed by atoms with Crippen LogP contribution in [-0.4, -0.2) is 12.7 Å². The van der Waals surface area contributed by atoms with Gasteiger partial charge in [0, 0.05) is 12.2 Å². The normalized spacial score (nSPS) is 9.31.